The van der Waals surface area contributed by atoms with E-state index in [0.29, 0.717) is 12.8 Å². The highest BCUT2D eigenvalue weighted by Crippen LogP contribution is 2.28. The molecule has 0 heterocycles. The summed E-state index contributed by atoms with van der Waals surface area (Å²) in [5.74, 6) is 0.268. The van der Waals surface area contributed by atoms with Gasteiger partial charge in [0, 0.05) is 6.07 Å². The van der Waals surface area contributed by atoms with Crippen molar-refractivity contribution in [2.24, 2.45) is 11.1 Å². The van der Waals surface area contributed by atoms with Gasteiger partial charge in [-0.05, 0) is 37.3 Å². The maximum absolute atomic E-state index is 10.9. The Balaban J connectivity index is 2.52. The minimum Gasteiger partial charge on any atom is -0.487 e. The van der Waals surface area contributed by atoms with Crippen molar-refractivity contribution in [2.45, 2.75) is 26.7 Å². The second kappa shape index (κ2) is 7.37. The van der Waals surface area contributed by atoms with Gasteiger partial charge in [-0.1, -0.05) is 13.0 Å². The number of ether oxygens (including phenoxy) is 1. The predicted molar refractivity (Wildman–Crippen MR) is 79.7 cm³/mol. The van der Waals surface area contributed by atoms with Crippen molar-refractivity contribution in [3.8, 4) is 5.75 Å². The third-order valence-electron chi connectivity index (χ3n) is 3.08. The molecule has 8 heteroatoms. The SMILES string of the molecule is Cc1ccc([N+](=O)[O-])c(OCCC(C)CCS(N)(=O)=O)c1. The van der Waals surface area contributed by atoms with Gasteiger partial charge in [0.1, 0.15) is 0 Å². The molecule has 0 saturated heterocycles. The quantitative estimate of drug-likeness (QED) is 0.582. The molecule has 118 valence electrons. The summed E-state index contributed by atoms with van der Waals surface area (Å²) >= 11 is 0. The summed E-state index contributed by atoms with van der Waals surface area (Å²) in [6.45, 7) is 4.00. The Labute approximate surface area is 124 Å². The number of benzene rings is 1. The summed E-state index contributed by atoms with van der Waals surface area (Å²) in [4.78, 5) is 10.4. The fraction of sp³-hybridized carbons (Fsp3) is 0.538. The molecule has 0 aliphatic heterocycles. The fourth-order valence-corrected chi connectivity index (χ4v) is 2.50. The van der Waals surface area contributed by atoms with E-state index < -0.39 is 14.9 Å². The van der Waals surface area contributed by atoms with Crippen LogP contribution < -0.4 is 9.88 Å². The van der Waals surface area contributed by atoms with Crippen molar-refractivity contribution in [3.05, 3.63) is 33.9 Å². The summed E-state index contributed by atoms with van der Waals surface area (Å²) in [6, 6.07) is 4.68. The lowest BCUT2D eigenvalue weighted by atomic mass is 10.1. The van der Waals surface area contributed by atoms with Crippen molar-refractivity contribution in [1.29, 1.82) is 0 Å². The molecule has 1 aromatic rings. The normalized spacial score (nSPS) is 12.9. The number of hydrogen-bond acceptors (Lipinski definition) is 5. The Kier molecular flexibility index (Phi) is 6.10. The number of aryl methyl sites for hydroxylation is 1. The van der Waals surface area contributed by atoms with Gasteiger partial charge in [0.2, 0.25) is 10.0 Å². The number of nitrogens with zero attached hydrogens (tertiary/aromatic N) is 1. The van der Waals surface area contributed by atoms with E-state index in [1.165, 1.54) is 6.07 Å². The van der Waals surface area contributed by atoms with Crippen LogP contribution in [0.25, 0.3) is 0 Å². The molecule has 1 aromatic carbocycles. The van der Waals surface area contributed by atoms with Crippen molar-refractivity contribution in [1.82, 2.24) is 0 Å². The average Bonchev–Trinajstić information content (AvgIpc) is 2.35. The summed E-state index contributed by atoms with van der Waals surface area (Å²) in [7, 11) is -3.45. The molecule has 0 aliphatic carbocycles. The number of sulfonamides is 1. The molecule has 0 amide bonds. The number of rotatable bonds is 8. The first-order valence-electron chi connectivity index (χ1n) is 6.57. The lowest BCUT2D eigenvalue weighted by Crippen LogP contribution is -2.18. The Morgan fingerprint density at radius 2 is 2.05 bits per heavy atom. The van der Waals surface area contributed by atoms with Gasteiger partial charge in [0.25, 0.3) is 0 Å². The van der Waals surface area contributed by atoms with Crippen molar-refractivity contribution >= 4 is 15.7 Å². The fourth-order valence-electron chi connectivity index (χ4n) is 1.77. The minimum atomic E-state index is -3.45. The minimum absolute atomic E-state index is 0.0707. The molecule has 0 aromatic heterocycles. The second-order valence-electron chi connectivity index (χ2n) is 5.13. The van der Waals surface area contributed by atoms with Crippen molar-refractivity contribution in [3.63, 3.8) is 0 Å². The number of primary sulfonamides is 1. The van der Waals surface area contributed by atoms with Gasteiger partial charge in [-0.3, -0.25) is 10.1 Å². The van der Waals surface area contributed by atoms with E-state index >= 15 is 0 Å². The van der Waals surface area contributed by atoms with Gasteiger partial charge in [-0.25, -0.2) is 13.6 Å². The number of nitro groups is 1. The van der Waals surface area contributed by atoms with Crippen molar-refractivity contribution in [2.75, 3.05) is 12.4 Å². The van der Waals surface area contributed by atoms with Crippen LogP contribution in [0.5, 0.6) is 5.75 Å². The molecule has 0 radical (unpaired) electrons. The molecular weight excluding hydrogens is 296 g/mol. The molecule has 0 fully saturated rings. The Bertz CT molecular complexity index is 601. The molecule has 1 unspecified atom stereocenters. The lowest BCUT2D eigenvalue weighted by molar-refractivity contribution is -0.385. The summed E-state index contributed by atoms with van der Waals surface area (Å²) < 4.78 is 27.2. The van der Waals surface area contributed by atoms with E-state index in [9.17, 15) is 18.5 Å². The third-order valence-corrected chi connectivity index (χ3v) is 3.88. The highest BCUT2D eigenvalue weighted by Gasteiger charge is 2.15. The zero-order valence-electron chi connectivity index (χ0n) is 12.1. The van der Waals surface area contributed by atoms with Crippen LogP contribution in [0, 0.1) is 23.0 Å². The van der Waals surface area contributed by atoms with Gasteiger partial charge in [0.05, 0.1) is 17.3 Å². The van der Waals surface area contributed by atoms with E-state index in [-0.39, 0.29) is 29.7 Å². The first-order chi connectivity index (χ1) is 9.69. The summed E-state index contributed by atoms with van der Waals surface area (Å²) in [6.07, 6.45) is 1.04. The first kappa shape index (κ1) is 17.4. The Morgan fingerprint density at radius 1 is 1.38 bits per heavy atom. The number of nitrogens with two attached hydrogens (primary N) is 1. The van der Waals surface area contributed by atoms with Crippen molar-refractivity contribution < 1.29 is 18.1 Å². The molecule has 0 bridgehead atoms. The molecule has 0 aliphatic rings. The highest BCUT2D eigenvalue weighted by molar-refractivity contribution is 7.89. The molecule has 1 atom stereocenters. The van der Waals surface area contributed by atoms with E-state index in [1.54, 1.807) is 12.1 Å². The highest BCUT2D eigenvalue weighted by atomic mass is 32.2. The molecule has 0 saturated carbocycles. The van der Waals surface area contributed by atoms with Crippen LogP contribution in [-0.4, -0.2) is 25.7 Å². The maximum Gasteiger partial charge on any atom is 0.310 e. The van der Waals surface area contributed by atoms with Gasteiger partial charge in [-0.2, -0.15) is 0 Å². The van der Waals surface area contributed by atoms with Gasteiger partial charge >= 0.3 is 5.69 Å². The maximum atomic E-state index is 10.9. The molecule has 2 N–H and O–H groups in total. The molecule has 7 nitrogen and oxygen atoms in total. The lowest BCUT2D eigenvalue weighted by Gasteiger charge is -2.12. The molecule has 1 rings (SSSR count). The Morgan fingerprint density at radius 3 is 2.62 bits per heavy atom. The van der Waals surface area contributed by atoms with Crippen LogP contribution in [0.15, 0.2) is 18.2 Å². The van der Waals surface area contributed by atoms with Crippen LogP contribution in [0.3, 0.4) is 0 Å². The second-order valence-corrected chi connectivity index (χ2v) is 6.86. The summed E-state index contributed by atoms with van der Waals surface area (Å²) in [5, 5.41) is 15.8. The van der Waals surface area contributed by atoms with Crippen LogP contribution in [0.1, 0.15) is 25.3 Å². The van der Waals surface area contributed by atoms with Gasteiger partial charge in [-0.15, -0.1) is 0 Å². The summed E-state index contributed by atoms with van der Waals surface area (Å²) in [5.41, 5.74) is 0.802. The van der Waals surface area contributed by atoms with E-state index in [0.717, 1.165) is 5.56 Å². The predicted octanol–water partition coefficient (Wildman–Crippen LogP) is 1.99. The van der Waals surface area contributed by atoms with Crippen LogP contribution in [0.2, 0.25) is 0 Å². The van der Waals surface area contributed by atoms with E-state index in [1.807, 2.05) is 13.8 Å². The number of nitro benzene ring substituents is 1. The third kappa shape index (κ3) is 6.54. The largest absolute Gasteiger partial charge is 0.487 e. The van der Waals surface area contributed by atoms with Crippen LogP contribution >= 0.6 is 0 Å². The topological polar surface area (TPSA) is 113 Å². The smallest absolute Gasteiger partial charge is 0.310 e. The standard InChI is InChI=1S/C13H20N2O5S/c1-10(6-8-21(14,18)19)5-7-20-13-9-11(2)3-4-12(13)15(16)17/h3-4,9-10H,5-8H2,1-2H3,(H2,14,18,19). The van der Waals surface area contributed by atoms with Gasteiger partial charge < -0.3 is 4.74 Å². The number of hydrogen-bond donors (Lipinski definition) is 1. The zero-order chi connectivity index (χ0) is 16.0. The molecular formula is C13H20N2O5S. The monoisotopic (exact) mass is 316 g/mol. The van der Waals surface area contributed by atoms with E-state index in [2.05, 4.69) is 0 Å². The first-order valence-corrected chi connectivity index (χ1v) is 8.29. The van der Waals surface area contributed by atoms with E-state index in [4.69, 9.17) is 9.88 Å². The molecule has 21 heavy (non-hydrogen) atoms. The zero-order valence-corrected chi connectivity index (χ0v) is 12.9. The molecule has 0 spiro atoms. The Hall–Kier alpha value is -1.67. The average molecular weight is 316 g/mol. The van der Waals surface area contributed by atoms with Crippen LogP contribution in [0.4, 0.5) is 5.69 Å². The van der Waals surface area contributed by atoms with Gasteiger partial charge in [0.15, 0.2) is 5.75 Å². The van der Waals surface area contributed by atoms with Crippen LogP contribution in [-0.2, 0) is 10.0 Å².